The summed E-state index contributed by atoms with van der Waals surface area (Å²) in [6.45, 7) is 0.408. The van der Waals surface area contributed by atoms with E-state index in [0.717, 1.165) is 30.2 Å². The molecule has 1 aromatic heterocycles. The summed E-state index contributed by atoms with van der Waals surface area (Å²) in [5.74, 6) is 0.00218. The molecule has 0 aliphatic heterocycles. The molecule has 1 aliphatic rings. The normalized spacial score (nSPS) is 15.1. The first-order chi connectivity index (χ1) is 9.81. The fourth-order valence-corrected chi connectivity index (χ4v) is 2.70. The first kappa shape index (κ1) is 13.1. The number of carbonyl (C=O) groups excluding carboxylic acids is 1. The zero-order valence-corrected chi connectivity index (χ0v) is 11.3. The van der Waals surface area contributed by atoms with Gasteiger partial charge in [-0.3, -0.25) is 9.78 Å². The molecular formula is C16H18N2O2. The molecule has 3 rings (SSSR count). The maximum Gasteiger partial charge on any atom is 0.254 e. The van der Waals surface area contributed by atoms with E-state index in [-0.39, 0.29) is 18.6 Å². The summed E-state index contributed by atoms with van der Waals surface area (Å²) in [6.07, 6.45) is 4.97. The smallest absolute Gasteiger partial charge is 0.254 e. The molecule has 0 bridgehead atoms. The van der Waals surface area contributed by atoms with Crippen molar-refractivity contribution >= 4 is 16.8 Å². The molecule has 1 saturated carbocycles. The van der Waals surface area contributed by atoms with Crippen LogP contribution in [0.5, 0.6) is 0 Å². The van der Waals surface area contributed by atoms with E-state index >= 15 is 0 Å². The fourth-order valence-electron chi connectivity index (χ4n) is 2.70. The van der Waals surface area contributed by atoms with Crippen LogP contribution in [0.2, 0.25) is 0 Å². The van der Waals surface area contributed by atoms with Crippen LogP contribution in [-0.4, -0.2) is 40.1 Å². The van der Waals surface area contributed by atoms with Crippen molar-refractivity contribution in [3.63, 3.8) is 0 Å². The molecule has 0 atom stereocenters. The van der Waals surface area contributed by atoms with Gasteiger partial charge in [0.25, 0.3) is 5.91 Å². The van der Waals surface area contributed by atoms with Gasteiger partial charge in [0, 0.05) is 29.7 Å². The average molecular weight is 270 g/mol. The van der Waals surface area contributed by atoms with Gasteiger partial charge in [-0.25, -0.2) is 0 Å². The summed E-state index contributed by atoms with van der Waals surface area (Å²) >= 11 is 0. The van der Waals surface area contributed by atoms with Crippen LogP contribution in [0, 0.1) is 0 Å². The molecule has 2 aromatic rings. The van der Waals surface area contributed by atoms with Crippen LogP contribution in [0.3, 0.4) is 0 Å². The minimum absolute atomic E-state index is 0.00218. The van der Waals surface area contributed by atoms with Crippen LogP contribution in [0.25, 0.3) is 10.9 Å². The Bertz CT molecular complexity index is 617. The first-order valence-corrected chi connectivity index (χ1v) is 7.07. The third-order valence-corrected chi connectivity index (χ3v) is 3.99. The van der Waals surface area contributed by atoms with Crippen LogP contribution in [0.15, 0.2) is 36.5 Å². The van der Waals surface area contributed by atoms with Crippen molar-refractivity contribution in [3.8, 4) is 0 Å². The topological polar surface area (TPSA) is 53.4 Å². The molecule has 1 fully saturated rings. The van der Waals surface area contributed by atoms with E-state index in [1.165, 1.54) is 0 Å². The van der Waals surface area contributed by atoms with Gasteiger partial charge in [-0.15, -0.1) is 0 Å². The van der Waals surface area contributed by atoms with Crippen molar-refractivity contribution in [1.82, 2.24) is 9.88 Å². The van der Waals surface area contributed by atoms with E-state index in [2.05, 4.69) is 4.98 Å². The zero-order valence-electron chi connectivity index (χ0n) is 11.3. The molecule has 0 unspecified atom stereocenters. The lowest BCUT2D eigenvalue weighted by atomic mass is 9.90. The van der Waals surface area contributed by atoms with Crippen LogP contribution in [-0.2, 0) is 0 Å². The van der Waals surface area contributed by atoms with Crippen molar-refractivity contribution < 1.29 is 9.90 Å². The van der Waals surface area contributed by atoms with E-state index < -0.39 is 0 Å². The monoisotopic (exact) mass is 270 g/mol. The lowest BCUT2D eigenvalue weighted by molar-refractivity contribution is 0.0528. The lowest BCUT2D eigenvalue weighted by Crippen LogP contribution is -2.45. The van der Waals surface area contributed by atoms with Crippen molar-refractivity contribution in [2.24, 2.45) is 0 Å². The number of aliphatic hydroxyl groups excluding tert-OH is 1. The van der Waals surface area contributed by atoms with E-state index in [0.29, 0.717) is 12.1 Å². The lowest BCUT2D eigenvalue weighted by Gasteiger charge is -2.37. The number of pyridine rings is 1. The van der Waals surface area contributed by atoms with Gasteiger partial charge < -0.3 is 10.0 Å². The predicted octanol–water partition coefficient (Wildman–Crippen LogP) is 2.22. The van der Waals surface area contributed by atoms with Crippen LogP contribution >= 0.6 is 0 Å². The second-order valence-corrected chi connectivity index (χ2v) is 5.18. The summed E-state index contributed by atoms with van der Waals surface area (Å²) in [7, 11) is 0. The van der Waals surface area contributed by atoms with Crippen LogP contribution < -0.4 is 0 Å². The third kappa shape index (κ3) is 2.27. The third-order valence-electron chi connectivity index (χ3n) is 3.99. The number of rotatable bonds is 4. The zero-order chi connectivity index (χ0) is 13.9. The molecule has 1 N–H and O–H groups in total. The van der Waals surface area contributed by atoms with Crippen molar-refractivity contribution in [3.05, 3.63) is 42.1 Å². The van der Waals surface area contributed by atoms with Gasteiger partial charge in [-0.2, -0.15) is 0 Å². The highest BCUT2D eigenvalue weighted by atomic mass is 16.3. The molecule has 104 valence electrons. The molecular weight excluding hydrogens is 252 g/mol. The van der Waals surface area contributed by atoms with E-state index in [1.54, 1.807) is 6.20 Å². The Hall–Kier alpha value is -1.94. The van der Waals surface area contributed by atoms with Gasteiger partial charge >= 0.3 is 0 Å². The molecule has 0 spiro atoms. The van der Waals surface area contributed by atoms with Crippen molar-refractivity contribution in [1.29, 1.82) is 0 Å². The molecule has 4 heteroatoms. The Morgan fingerprint density at radius 1 is 1.30 bits per heavy atom. The highest BCUT2D eigenvalue weighted by Crippen LogP contribution is 2.27. The Morgan fingerprint density at radius 3 is 2.85 bits per heavy atom. The Labute approximate surface area is 118 Å². The molecule has 1 aliphatic carbocycles. The van der Waals surface area contributed by atoms with Gasteiger partial charge in [0.2, 0.25) is 0 Å². The summed E-state index contributed by atoms with van der Waals surface area (Å²) in [5, 5.41) is 10.1. The standard InChI is InChI=1S/C16H18N2O2/c19-11-10-18(12-4-1-5-12)16(20)14-6-2-8-15-13(14)7-3-9-17-15/h2-3,6-9,12,19H,1,4-5,10-11H2. The number of fused-ring (bicyclic) bond motifs is 1. The molecule has 1 aromatic carbocycles. The number of carbonyl (C=O) groups is 1. The number of aromatic nitrogens is 1. The van der Waals surface area contributed by atoms with Gasteiger partial charge in [0.15, 0.2) is 0 Å². The highest BCUT2D eigenvalue weighted by Gasteiger charge is 2.29. The van der Waals surface area contributed by atoms with E-state index in [9.17, 15) is 9.90 Å². The fraction of sp³-hybridized carbons (Fsp3) is 0.375. The minimum Gasteiger partial charge on any atom is -0.395 e. The van der Waals surface area contributed by atoms with E-state index in [4.69, 9.17) is 0 Å². The predicted molar refractivity (Wildman–Crippen MR) is 77.5 cm³/mol. The van der Waals surface area contributed by atoms with Crippen molar-refractivity contribution in [2.75, 3.05) is 13.2 Å². The molecule has 4 nitrogen and oxygen atoms in total. The highest BCUT2D eigenvalue weighted by molar-refractivity contribution is 6.06. The van der Waals surface area contributed by atoms with Gasteiger partial charge in [-0.1, -0.05) is 12.1 Å². The molecule has 0 saturated heterocycles. The molecule has 1 amide bonds. The SMILES string of the molecule is O=C(c1cccc2ncccc12)N(CCO)C1CCC1. The number of nitrogens with zero attached hydrogens (tertiary/aromatic N) is 2. The molecule has 1 heterocycles. The number of aliphatic hydroxyl groups is 1. The largest absolute Gasteiger partial charge is 0.395 e. The first-order valence-electron chi connectivity index (χ1n) is 7.07. The Morgan fingerprint density at radius 2 is 2.15 bits per heavy atom. The van der Waals surface area contributed by atoms with Crippen LogP contribution in [0.4, 0.5) is 0 Å². The number of benzene rings is 1. The quantitative estimate of drug-likeness (QED) is 0.926. The second-order valence-electron chi connectivity index (χ2n) is 5.18. The minimum atomic E-state index is 0.00218. The van der Waals surface area contributed by atoms with E-state index in [1.807, 2.05) is 35.2 Å². The number of hydrogen-bond donors (Lipinski definition) is 1. The molecule has 20 heavy (non-hydrogen) atoms. The van der Waals surface area contributed by atoms with Gasteiger partial charge in [-0.05, 0) is 37.5 Å². The second kappa shape index (κ2) is 5.59. The van der Waals surface area contributed by atoms with Crippen molar-refractivity contribution in [2.45, 2.75) is 25.3 Å². The summed E-state index contributed by atoms with van der Waals surface area (Å²) in [6, 6.07) is 9.66. The molecule has 0 radical (unpaired) electrons. The average Bonchev–Trinajstić information content (AvgIpc) is 2.43. The maximum absolute atomic E-state index is 12.8. The number of hydrogen-bond acceptors (Lipinski definition) is 3. The number of amides is 1. The summed E-state index contributed by atoms with van der Waals surface area (Å²) in [4.78, 5) is 18.9. The Balaban J connectivity index is 1.98. The summed E-state index contributed by atoms with van der Waals surface area (Å²) in [5.41, 5.74) is 1.51. The van der Waals surface area contributed by atoms with Gasteiger partial charge in [0.05, 0.1) is 12.1 Å². The maximum atomic E-state index is 12.8. The summed E-state index contributed by atoms with van der Waals surface area (Å²) < 4.78 is 0. The van der Waals surface area contributed by atoms with Gasteiger partial charge in [0.1, 0.15) is 0 Å². The van der Waals surface area contributed by atoms with Crippen LogP contribution in [0.1, 0.15) is 29.6 Å². The Kier molecular flexibility index (Phi) is 3.65.